The summed E-state index contributed by atoms with van der Waals surface area (Å²) in [4.78, 5) is 0. The first-order valence-electron chi connectivity index (χ1n) is 7.51. The minimum atomic E-state index is 0.356. The second kappa shape index (κ2) is 5.96. The van der Waals surface area contributed by atoms with E-state index in [9.17, 15) is 0 Å². The molecule has 0 aromatic heterocycles. The average Bonchev–Trinajstić information content (AvgIpc) is 2.81. The van der Waals surface area contributed by atoms with Gasteiger partial charge in [0.15, 0.2) is 0 Å². The Morgan fingerprint density at radius 2 is 2.00 bits per heavy atom. The Morgan fingerprint density at radius 1 is 1.32 bits per heavy atom. The maximum atomic E-state index is 5.84. The van der Waals surface area contributed by atoms with Crippen LogP contribution in [0.3, 0.4) is 0 Å². The topological polar surface area (TPSA) is 21.3 Å². The number of rotatable bonds is 5. The van der Waals surface area contributed by atoms with Crippen LogP contribution < -0.4 is 10.1 Å². The van der Waals surface area contributed by atoms with Crippen LogP contribution in [0.5, 0.6) is 5.75 Å². The fourth-order valence-electron chi connectivity index (χ4n) is 3.53. The third-order valence-corrected chi connectivity index (χ3v) is 4.51. The first-order valence-corrected chi connectivity index (χ1v) is 7.51. The molecule has 0 amide bonds. The quantitative estimate of drug-likeness (QED) is 0.856. The van der Waals surface area contributed by atoms with E-state index >= 15 is 0 Å². The van der Waals surface area contributed by atoms with Crippen LogP contribution >= 0.6 is 0 Å². The number of hydrogen-bond donors (Lipinski definition) is 1. The van der Waals surface area contributed by atoms with E-state index in [1.54, 1.807) is 0 Å². The van der Waals surface area contributed by atoms with E-state index in [-0.39, 0.29) is 0 Å². The lowest BCUT2D eigenvalue weighted by molar-refractivity contribution is 0.225. The van der Waals surface area contributed by atoms with Crippen LogP contribution in [0.25, 0.3) is 0 Å². The van der Waals surface area contributed by atoms with Crippen LogP contribution in [0, 0.1) is 12.3 Å². The SMILES string of the molecule is CCOc1ccc(C)cc1C(NC)C1(C)CCCC1. The molecule has 0 spiro atoms. The molecular formula is C17H27NO. The molecule has 1 aliphatic rings. The van der Waals surface area contributed by atoms with Crippen LogP contribution in [-0.4, -0.2) is 13.7 Å². The Bertz CT molecular complexity index is 421. The fraction of sp³-hybridized carbons (Fsp3) is 0.647. The fourth-order valence-corrected chi connectivity index (χ4v) is 3.53. The highest BCUT2D eigenvalue weighted by atomic mass is 16.5. The molecule has 1 fully saturated rings. The van der Waals surface area contributed by atoms with Crippen molar-refractivity contribution in [3.05, 3.63) is 29.3 Å². The molecule has 19 heavy (non-hydrogen) atoms. The molecule has 1 aromatic carbocycles. The van der Waals surface area contributed by atoms with E-state index in [0.29, 0.717) is 11.5 Å². The molecule has 0 heterocycles. The molecule has 106 valence electrons. The Kier molecular flexibility index (Phi) is 4.51. The summed E-state index contributed by atoms with van der Waals surface area (Å²) in [6.45, 7) is 7.35. The number of aryl methyl sites for hydroxylation is 1. The van der Waals surface area contributed by atoms with Crippen LogP contribution in [0.15, 0.2) is 18.2 Å². The summed E-state index contributed by atoms with van der Waals surface area (Å²) < 4.78 is 5.84. The number of hydrogen-bond acceptors (Lipinski definition) is 2. The second-order valence-corrected chi connectivity index (χ2v) is 6.06. The van der Waals surface area contributed by atoms with Crippen molar-refractivity contribution in [2.45, 2.75) is 52.5 Å². The molecule has 1 N–H and O–H groups in total. The maximum absolute atomic E-state index is 5.84. The highest BCUT2D eigenvalue weighted by molar-refractivity contribution is 5.40. The number of benzene rings is 1. The van der Waals surface area contributed by atoms with Crippen LogP contribution in [-0.2, 0) is 0 Å². The molecule has 0 bridgehead atoms. The van der Waals surface area contributed by atoms with Gasteiger partial charge in [-0.2, -0.15) is 0 Å². The summed E-state index contributed by atoms with van der Waals surface area (Å²) in [5.74, 6) is 1.04. The molecule has 2 nitrogen and oxygen atoms in total. The second-order valence-electron chi connectivity index (χ2n) is 6.06. The predicted molar refractivity (Wildman–Crippen MR) is 80.7 cm³/mol. The Morgan fingerprint density at radius 3 is 2.58 bits per heavy atom. The zero-order valence-corrected chi connectivity index (χ0v) is 12.8. The Balaban J connectivity index is 2.38. The first kappa shape index (κ1) is 14.4. The molecule has 2 heteroatoms. The van der Waals surface area contributed by atoms with Crippen molar-refractivity contribution in [1.29, 1.82) is 0 Å². The summed E-state index contributed by atoms with van der Waals surface area (Å²) in [6, 6.07) is 6.93. The van der Waals surface area contributed by atoms with Gasteiger partial charge in [-0.3, -0.25) is 0 Å². The molecule has 0 radical (unpaired) electrons. The van der Waals surface area contributed by atoms with Crippen LogP contribution in [0.4, 0.5) is 0 Å². The van der Waals surface area contributed by atoms with Gasteiger partial charge < -0.3 is 10.1 Å². The van der Waals surface area contributed by atoms with Gasteiger partial charge in [0.1, 0.15) is 5.75 Å². The van der Waals surface area contributed by atoms with Gasteiger partial charge in [0.05, 0.1) is 6.61 Å². The van der Waals surface area contributed by atoms with Gasteiger partial charge in [-0.05, 0) is 45.2 Å². The summed E-state index contributed by atoms with van der Waals surface area (Å²) in [7, 11) is 2.08. The predicted octanol–water partition coefficient (Wildman–Crippen LogP) is 4.23. The highest BCUT2D eigenvalue weighted by Crippen LogP contribution is 2.48. The Hall–Kier alpha value is -1.02. The summed E-state index contributed by atoms with van der Waals surface area (Å²) in [5, 5.41) is 3.55. The third-order valence-electron chi connectivity index (χ3n) is 4.51. The van der Waals surface area contributed by atoms with Gasteiger partial charge in [0.25, 0.3) is 0 Å². The average molecular weight is 261 g/mol. The van der Waals surface area contributed by atoms with Gasteiger partial charge in [-0.1, -0.05) is 37.5 Å². The summed E-state index contributed by atoms with van der Waals surface area (Å²) in [6.07, 6.45) is 5.31. The van der Waals surface area contributed by atoms with E-state index in [4.69, 9.17) is 4.74 Å². The molecule has 1 saturated carbocycles. The number of nitrogens with one attached hydrogen (secondary N) is 1. The van der Waals surface area contributed by atoms with E-state index in [2.05, 4.69) is 51.3 Å². The van der Waals surface area contributed by atoms with E-state index < -0.39 is 0 Å². The van der Waals surface area contributed by atoms with Gasteiger partial charge in [-0.25, -0.2) is 0 Å². The zero-order valence-electron chi connectivity index (χ0n) is 12.8. The lowest BCUT2D eigenvalue weighted by atomic mass is 9.77. The molecule has 0 aliphatic heterocycles. The van der Waals surface area contributed by atoms with Crippen molar-refractivity contribution >= 4 is 0 Å². The van der Waals surface area contributed by atoms with Crippen molar-refractivity contribution in [1.82, 2.24) is 5.32 Å². The van der Waals surface area contributed by atoms with Gasteiger partial charge >= 0.3 is 0 Å². The maximum Gasteiger partial charge on any atom is 0.124 e. The van der Waals surface area contributed by atoms with Crippen molar-refractivity contribution in [2.24, 2.45) is 5.41 Å². The zero-order chi connectivity index (χ0) is 13.9. The minimum absolute atomic E-state index is 0.356. The third kappa shape index (κ3) is 2.94. The summed E-state index contributed by atoms with van der Waals surface area (Å²) in [5.41, 5.74) is 2.99. The van der Waals surface area contributed by atoms with Crippen molar-refractivity contribution in [2.75, 3.05) is 13.7 Å². The van der Waals surface area contributed by atoms with Crippen molar-refractivity contribution in [3.8, 4) is 5.75 Å². The smallest absolute Gasteiger partial charge is 0.124 e. The van der Waals surface area contributed by atoms with Crippen LogP contribution in [0.2, 0.25) is 0 Å². The lowest BCUT2D eigenvalue weighted by Gasteiger charge is -2.35. The standard InChI is InChI=1S/C17H27NO/c1-5-19-15-9-8-13(2)12-14(15)16(18-4)17(3)10-6-7-11-17/h8-9,12,16,18H,5-7,10-11H2,1-4H3. The summed E-state index contributed by atoms with van der Waals surface area (Å²) >= 11 is 0. The van der Waals surface area contributed by atoms with Crippen LogP contribution in [0.1, 0.15) is 56.7 Å². The molecule has 1 unspecified atom stereocenters. The number of ether oxygens (including phenoxy) is 1. The molecular weight excluding hydrogens is 234 g/mol. The minimum Gasteiger partial charge on any atom is -0.494 e. The van der Waals surface area contributed by atoms with Gasteiger partial charge in [-0.15, -0.1) is 0 Å². The highest BCUT2D eigenvalue weighted by Gasteiger charge is 2.38. The van der Waals surface area contributed by atoms with E-state index in [1.807, 2.05) is 0 Å². The van der Waals surface area contributed by atoms with Crippen molar-refractivity contribution < 1.29 is 4.74 Å². The van der Waals surface area contributed by atoms with Gasteiger partial charge in [0, 0.05) is 11.6 Å². The normalized spacial score (nSPS) is 19.4. The van der Waals surface area contributed by atoms with Crippen molar-refractivity contribution in [3.63, 3.8) is 0 Å². The van der Waals surface area contributed by atoms with E-state index in [1.165, 1.54) is 36.8 Å². The largest absolute Gasteiger partial charge is 0.494 e. The molecule has 2 rings (SSSR count). The Labute approximate surface area is 117 Å². The first-order chi connectivity index (χ1) is 9.10. The van der Waals surface area contributed by atoms with Gasteiger partial charge in [0.2, 0.25) is 0 Å². The monoisotopic (exact) mass is 261 g/mol. The molecule has 0 saturated heterocycles. The molecule has 1 aromatic rings. The molecule has 1 atom stereocenters. The lowest BCUT2D eigenvalue weighted by Crippen LogP contribution is -2.32. The molecule has 1 aliphatic carbocycles. The van der Waals surface area contributed by atoms with E-state index in [0.717, 1.165) is 12.4 Å².